The summed E-state index contributed by atoms with van der Waals surface area (Å²) in [6.45, 7) is 5.03. The number of fused-ring (bicyclic) bond motifs is 1. The van der Waals surface area contributed by atoms with Crippen LogP contribution in [0.2, 0.25) is 0 Å². The number of ether oxygens (including phenoxy) is 2. The second-order valence-corrected chi connectivity index (χ2v) is 8.18. The molecule has 32 heavy (non-hydrogen) atoms. The maximum atomic E-state index is 15.1. The quantitative estimate of drug-likeness (QED) is 0.405. The van der Waals surface area contributed by atoms with E-state index in [1.54, 1.807) is 18.2 Å². The van der Waals surface area contributed by atoms with E-state index in [-0.39, 0.29) is 11.4 Å². The molecule has 3 nitrogen and oxygen atoms in total. The van der Waals surface area contributed by atoms with E-state index >= 15 is 4.39 Å². The van der Waals surface area contributed by atoms with Gasteiger partial charge in [-0.15, -0.1) is 6.58 Å². The summed E-state index contributed by atoms with van der Waals surface area (Å²) in [4.78, 5) is 0. The molecule has 1 fully saturated rings. The molecule has 4 rings (SSSR count). The second kappa shape index (κ2) is 10.0. The summed E-state index contributed by atoms with van der Waals surface area (Å²) in [5, 5.41) is 10.2. The molecule has 0 saturated carbocycles. The van der Waals surface area contributed by atoms with Gasteiger partial charge in [0.05, 0.1) is 18.8 Å². The number of halogens is 2. The van der Waals surface area contributed by atoms with Crippen LogP contribution in [0.3, 0.4) is 0 Å². The van der Waals surface area contributed by atoms with E-state index < -0.39 is 12.1 Å². The third kappa shape index (κ3) is 4.88. The average Bonchev–Trinajstić information content (AvgIpc) is 2.82. The van der Waals surface area contributed by atoms with Crippen molar-refractivity contribution in [3.05, 3.63) is 95.1 Å². The van der Waals surface area contributed by atoms with Crippen molar-refractivity contribution in [2.75, 3.05) is 13.2 Å². The van der Waals surface area contributed by atoms with Crippen molar-refractivity contribution in [1.29, 1.82) is 5.26 Å². The normalized spacial score (nSPS) is 18.4. The van der Waals surface area contributed by atoms with E-state index in [9.17, 15) is 4.39 Å². The van der Waals surface area contributed by atoms with Gasteiger partial charge in [-0.3, -0.25) is 0 Å². The SMILES string of the molecule is C=CCCC1COC(c2ccc3c(F)c(CCc4ccc(C#N)c(F)c4)ccc3c2)OC1. The first-order valence-corrected chi connectivity index (χ1v) is 10.8. The predicted molar refractivity (Wildman–Crippen MR) is 120 cm³/mol. The molecule has 164 valence electrons. The van der Waals surface area contributed by atoms with Gasteiger partial charge in [0, 0.05) is 16.9 Å². The number of hydrogen-bond acceptors (Lipinski definition) is 3. The summed E-state index contributed by atoms with van der Waals surface area (Å²) in [7, 11) is 0. The molecule has 1 aliphatic heterocycles. The topological polar surface area (TPSA) is 42.2 Å². The number of rotatable bonds is 7. The summed E-state index contributed by atoms with van der Waals surface area (Å²) in [5.74, 6) is -0.442. The first kappa shape index (κ1) is 22.1. The Bertz CT molecular complexity index is 1160. The number of allylic oxidation sites excluding steroid dienone is 1. The first-order chi connectivity index (χ1) is 15.6. The second-order valence-electron chi connectivity index (χ2n) is 8.18. The Labute approximate surface area is 186 Å². The largest absolute Gasteiger partial charge is 0.348 e. The molecule has 3 aromatic rings. The molecule has 0 spiro atoms. The van der Waals surface area contributed by atoms with Crippen LogP contribution in [0.5, 0.6) is 0 Å². The Morgan fingerprint density at radius 1 is 1.03 bits per heavy atom. The molecule has 3 aromatic carbocycles. The zero-order chi connectivity index (χ0) is 22.5. The van der Waals surface area contributed by atoms with Crippen LogP contribution in [0, 0.1) is 28.9 Å². The lowest BCUT2D eigenvalue weighted by atomic mass is 9.98. The smallest absolute Gasteiger partial charge is 0.183 e. The minimum absolute atomic E-state index is 0.0136. The summed E-state index contributed by atoms with van der Waals surface area (Å²) in [6, 6.07) is 15.5. The Balaban J connectivity index is 1.45. The number of aryl methyl sites for hydroxylation is 2. The summed E-state index contributed by atoms with van der Waals surface area (Å²) >= 11 is 0. The maximum absolute atomic E-state index is 15.1. The molecular formula is C27H25F2NO2. The average molecular weight is 433 g/mol. The van der Waals surface area contributed by atoms with E-state index in [0.29, 0.717) is 42.9 Å². The predicted octanol–water partition coefficient (Wildman–Crippen LogP) is 6.40. The Morgan fingerprint density at radius 3 is 2.56 bits per heavy atom. The zero-order valence-corrected chi connectivity index (χ0v) is 17.8. The fourth-order valence-corrected chi connectivity index (χ4v) is 4.03. The maximum Gasteiger partial charge on any atom is 0.183 e. The van der Waals surface area contributed by atoms with Gasteiger partial charge in [-0.25, -0.2) is 8.78 Å². The highest BCUT2D eigenvalue weighted by Crippen LogP contribution is 2.31. The molecule has 0 bridgehead atoms. The van der Waals surface area contributed by atoms with Crippen LogP contribution in [0.4, 0.5) is 8.78 Å². The molecule has 0 atom stereocenters. The Hall–Kier alpha value is -3.07. The van der Waals surface area contributed by atoms with Crippen molar-refractivity contribution in [2.45, 2.75) is 32.0 Å². The lowest BCUT2D eigenvalue weighted by molar-refractivity contribution is -0.205. The highest BCUT2D eigenvalue weighted by molar-refractivity contribution is 5.84. The molecule has 0 radical (unpaired) electrons. The van der Waals surface area contributed by atoms with Gasteiger partial charge in [0.1, 0.15) is 17.7 Å². The molecule has 1 aliphatic rings. The van der Waals surface area contributed by atoms with Gasteiger partial charge in [0.15, 0.2) is 6.29 Å². The third-order valence-corrected chi connectivity index (χ3v) is 5.91. The summed E-state index contributed by atoms with van der Waals surface area (Å²) in [5.41, 5.74) is 2.19. The van der Waals surface area contributed by atoms with E-state index in [0.717, 1.165) is 29.4 Å². The first-order valence-electron chi connectivity index (χ1n) is 10.8. The van der Waals surface area contributed by atoms with Crippen LogP contribution >= 0.6 is 0 Å². The minimum Gasteiger partial charge on any atom is -0.348 e. The lowest BCUT2D eigenvalue weighted by Crippen LogP contribution is -2.27. The lowest BCUT2D eigenvalue weighted by Gasteiger charge is -2.29. The molecule has 1 saturated heterocycles. The molecule has 1 heterocycles. The molecule has 0 aliphatic carbocycles. The third-order valence-electron chi connectivity index (χ3n) is 5.91. The Morgan fingerprint density at radius 2 is 1.84 bits per heavy atom. The van der Waals surface area contributed by atoms with Gasteiger partial charge < -0.3 is 9.47 Å². The highest BCUT2D eigenvalue weighted by atomic mass is 19.1. The van der Waals surface area contributed by atoms with Crippen molar-refractivity contribution in [3.8, 4) is 6.07 Å². The van der Waals surface area contributed by atoms with Crippen LogP contribution in [0.15, 0.2) is 61.2 Å². The minimum atomic E-state index is -0.546. The number of benzene rings is 3. The fourth-order valence-electron chi connectivity index (χ4n) is 4.03. The molecule has 0 unspecified atom stereocenters. The van der Waals surface area contributed by atoms with Crippen LogP contribution in [-0.4, -0.2) is 13.2 Å². The van der Waals surface area contributed by atoms with Crippen LogP contribution in [0.1, 0.15) is 41.4 Å². The van der Waals surface area contributed by atoms with E-state index in [1.165, 1.54) is 12.1 Å². The van der Waals surface area contributed by atoms with E-state index in [4.69, 9.17) is 14.7 Å². The zero-order valence-electron chi connectivity index (χ0n) is 17.8. The monoisotopic (exact) mass is 433 g/mol. The van der Waals surface area contributed by atoms with Gasteiger partial charge in [-0.2, -0.15) is 5.26 Å². The standard InChI is InChI=1S/C27H25F2NO2/c1-2-3-4-19-16-31-27(32-17-19)22-11-12-24-21(14-22)10-9-20(26(24)29)7-5-18-6-8-23(15-30)25(28)13-18/h2,6,8-14,19,27H,1,3-5,7,16-17H2. The van der Waals surface area contributed by atoms with Crippen molar-refractivity contribution < 1.29 is 18.3 Å². The van der Waals surface area contributed by atoms with Crippen molar-refractivity contribution in [1.82, 2.24) is 0 Å². The van der Waals surface area contributed by atoms with Crippen LogP contribution < -0.4 is 0 Å². The Kier molecular flexibility index (Phi) is 6.94. The van der Waals surface area contributed by atoms with Gasteiger partial charge in [0.2, 0.25) is 0 Å². The molecular weight excluding hydrogens is 408 g/mol. The van der Waals surface area contributed by atoms with Crippen molar-refractivity contribution in [2.24, 2.45) is 5.92 Å². The number of nitriles is 1. The molecule has 0 amide bonds. The number of nitrogens with zero attached hydrogens (tertiary/aromatic N) is 1. The van der Waals surface area contributed by atoms with Crippen LogP contribution in [-0.2, 0) is 22.3 Å². The molecule has 5 heteroatoms. The molecule has 0 aromatic heterocycles. The fraction of sp³-hybridized carbons (Fsp3) is 0.296. The van der Waals surface area contributed by atoms with Crippen LogP contribution in [0.25, 0.3) is 10.8 Å². The van der Waals surface area contributed by atoms with E-state index in [1.807, 2.05) is 30.3 Å². The van der Waals surface area contributed by atoms with E-state index in [2.05, 4.69) is 6.58 Å². The highest BCUT2D eigenvalue weighted by Gasteiger charge is 2.23. The van der Waals surface area contributed by atoms with Crippen molar-refractivity contribution >= 4 is 10.8 Å². The van der Waals surface area contributed by atoms with Gasteiger partial charge in [0.25, 0.3) is 0 Å². The summed E-state index contributed by atoms with van der Waals surface area (Å²) < 4.78 is 40.7. The van der Waals surface area contributed by atoms with Gasteiger partial charge in [-0.1, -0.05) is 36.4 Å². The van der Waals surface area contributed by atoms with Gasteiger partial charge >= 0.3 is 0 Å². The summed E-state index contributed by atoms with van der Waals surface area (Å²) in [6.07, 6.45) is 4.33. The van der Waals surface area contributed by atoms with Gasteiger partial charge in [-0.05, 0) is 60.4 Å². The molecule has 0 N–H and O–H groups in total. The van der Waals surface area contributed by atoms with Crippen molar-refractivity contribution in [3.63, 3.8) is 0 Å². The number of hydrogen-bond donors (Lipinski definition) is 0.